The van der Waals surface area contributed by atoms with Gasteiger partial charge in [0, 0.05) is 5.56 Å². The average molecular weight is 545 g/mol. The molecule has 0 aliphatic rings. The molecule has 37 heavy (non-hydrogen) atoms. The van der Waals surface area contributed by atoms with E-state index in [4.69, 9.17) is 18.8 Å². The molecule has 0 saturated heterocycles. The van der Waals surface area contributed by atoms with Crippen LogP contribution < -0.4 is 0 Å². The molecule has 13 heteroatoms. The summed E-state index contributed by atoms with van der Waals surface area (Å²) in [5.41, 5.74) is -2.99. The number of hydrogen-bond acceptors (Lipinski definition) is 9. The highest BCUT2D eigenvalue weighted by molar-refractivity contribution is 7.85. The summed E-state index contributed by atoms with van der Waals surface area (Å²) in [7, 11) is -4.20. The van der Waals surface area contributed by atoms with Gasteiger partial charge in [-0.25, -0.2) is 14.4 Å². The Hall–Kier alpha value is -3.19. The molecule has 0 saturated carbocycles. The standard InChI is InChI=1S/C24H36N2O10S/c1-22(2,3)34-19(28)25(18(27)17-12-10-16(11-13-17)14-15-37(31,32)33)26(20(29)35-23(4,5)6)21(30)36-24(7,8)9/h10-13H,14-15H2,1-9H3,(H,31,32,33). The van der Waals surface area contributed by atoms with E-state index in [1.807, 2.05) is 0 Å². The van der Waals surface area contributed by atoms with Gasteiger partial charge in [-0.05, 0) is 86.4 Å². The van der Waals surface area contributed by atoms with E-state index in [1.165, 1.54) is 86.6 Å². The molecule has 0 spiro atoms. The Morgan fingerprint density at radius 3 is 1.38 bits per heavy atom. The van der Waals surface area contributed by atoms with E-state index < -0.39 is 56.9 Å². The molecule has 0 aliphatic heterocycles. The van der Waals surface area contributed by atoms with Crippen molar-refractivity contribution in [3.05, 3.63) is 35.4 Å². The molecule has 1 rings (SSSR count). The molecule has 0 bridgehead atoms. The molecule has 0 unspecified atom stereocenters. The number of aryl methyl sites for hydroxylation is 1. The third-order valence-corrected chi connectivity index (χ3v) is 4.66. The second kappa shape index (κ2) is 11.5. The first-order chi connectivity index (χ1) is 16.5. The van der Waals surface area contributed by atoms with Gasteiger partial charge in [-0.1, -0.05) is 12.1 Å². The minimum atomic E-state index is -4.20. The van der Waals surface area contributed by atoms with Crippen molar-refractivity contribution in [2.24, 2.45) is 0 Å². The third kappa shape index (κ3) is 11.6. The monoisotopic (exact) mass is 544 g/mol. The van der Waals surface area contributed by atoms with Gasteiger partial charge in [0.1, 0.15) is 16.8 Å². The van der Waals surface area contributed by atoms with E-state index in [2.05, 4.69) is 0 Å². The van der Waals surface area contributed by atoms with Gasteiger partial charge in [0.25, 0.3) is 16.0 Å². The predicted molar refractivity (Wildman–Crippen MR) is 133 cm³/mol. The van der Waals surface area contributed by atoms with Gasteiger partial charge in [-0.3, -0.25) is 9.35 Å². The van der Waals surface area contributed by atoms with Crippen molar-refractivity contribution in [2.45, 2.75) is 85.5 Å². The van der Waals surface area contributed by atoms with E-state index in [-0.39, 0.29) is 22.0 Å². The van der Waals surface area contributed by atoms with E-state index in [0.717, 1.165) is 0 Å². The Kier molecular flexibility index (Phi) is 9.87. The van der Waals surface area contributed by atoms with Crippen LogP contribution in [-0.2, 0) is 30.7 Å². The number of hydrazine groups is 1. The number of rotatable bonds is 4. The van der Waals surface area contributed by atoms with Crippen LogP contribution in [0.5, 0.6) is 0 Å². The van der Waals surface area contributed by atoms with Crippen molar-refractivity contribution in [3.8, 4) is 0 Å². The lowest BCUT2D eigenvalue weighted by molar-refractivity contribution is -0.0592. The van der Waals surface area contributed by atoms with Gasteiger partial charge in [-0.2, -0.15) is 8.42 Å². The van der Waals surface area contributed by atoms with Crippen molar-refractivity contribution >= 4 is 34.3 Å². The number of carbonyl (C=O) groups is 4. The number of nitrogens with zero attached hydrogens (tertiary/aromatic N) is 2. The van der Waals surface area contributed by atoms with E-state index >= 15 is 0 Å². The Morgan fingerprint density at radius 1 is 0.703 bits per heavy atom. The maximum absolute atomic E-state index is 13.5. The molecule has 0 radical (unpaired) electrons. The SMILES string of the molecule is CC(C)(C)OC(=O)N(C(=O)OC(C)(C)C)N(C(=O)OC(C)(C)C)C(=O)c1ccc(CCS(=O)(=O)O)cc1. The minimum Gasteiger partial charge on any atom is -0.442 e. The summed E-state index contributed by atoms with van der Waals surface area (Å²) in [6.45, 7) is 13.8. The van der Waals surface area contributed by atoms with Crippen molar-refractivity contribution in [1.29, 1.82) is 0 Å². The van der Waals surface area contributed by atoms with Crippen LogP contribution in [0, 0.1) is 0 Å². The molecule has 208 valence electrons. The van der Waals surface area contributed by atoms with Crippen molar-refractivity contribution in [3.63, 3.8) is 0 Å². The summed E-state index contributed by atoms with van der Waals surface area (Å²) < 4.78 is 46.8. The lowest BCUT2D eigenvalue weighted by Gasteiger charge is -2.34. The molecule has 4 amide bonds. The van der Waals surface area contributed by atoms with E-state index in [9.17, 15) is 27.6 Å². The van der Waals surface area contributed by atoms with Crippen molar-refractivity contribution < 1.29 is 46.4 Å². The topological polar surface area (TPSA) is 157 Å². The average Bonchev–Trinajstić information content (AvgIpc) is 2.65. The van der Waals surface area contributed by atoms with Gasteiger partial charge in [-0.15, -0.1) is 10.0 Å². The van der Waals surface area contributed by atoms with Crippen LogP contribution in [-0.4, -0.2) is 69.7 Å². The Labute approximate surface area is 217 Å². The predicted octanol–water partition coefficient (Wildman–Crippen LogP) is 4.58. The van der Waals surface area contributed by atoms with Crippen LogP contribution in [0.15, 0.2) is 24.3 Å². The minimum absolute atomic E-state index is 0.0367. The summed E-state index contributed by atoms with van der Waals surface area (Å²) in [6, 6.07) is 5.33. The normalized spacial score (nSPS) is 12.4. The van der Waals surface area contributed by atoms with Crippen LogP contribution in [0.25, 0.3) is 0 Å². The molecule has 0 fully saturated rings. The summed E-state index contributed by atoms with van der Waals surface area (Å²) in [6.07, 6.45) is -4.09. The smallest absolute Gasteiger partial charge is 0.440 e. The molecule has 0 atom stereocenters. The first kappa shape index (κ1) is 31.8. The Bertz CT molecular complexity index is 1080. The fourth-order valence-corrected chi connectivity index (χ4v) is 3.09. The van der Waals surface area contributed by atoms with Gasteiger partial charge in [0.05, 0.1) is 5.75 Å². The zero-order valence-electron chi connectivity index (χ0n) is 22.6. The third-order valence-electron chi connectivity index (χ3n) is 3.94. The molecular weight excluding hydrogens is 508 g/mol. The zero-order chi connectivity index (χ0) is 29.0. The maximum Gasteiger partial charge on any atom is 0.440 e. The van der Waals surface area contributed by atoms with Crippen molar-refractivity contribution in [1.82, 2.24) is 10.0 Å². The van der Waals surface area contributed by atoms with Gasteiger partial charge < -0.3 is 14.2 Å². The molecule has 12 nitrogen and oxygen atoms in total. The number of carbonyl (C=O) groups excluding carboxylic acids is 4. The second-order valence-electron chi connectivity index (χ2n) is 11.1. The molecule has 1 N–H and O–H groups in total. The van der Waals surface area contributed by atoms with Gasteiger partial charge >= 0.3 is 18.3 Å². The molecule has 0 aliphatic carbocycles. The Balaban J connectivity index is 3.57. The fourth-order valence-electron chi connectivity index (χ4n) is 2.59. The lowest BCUT2D eigenvalue weighted by Crippen LogP contribution is -2.58. The molecule has 0 heterocycles. The van der Waals surface area contributed by atoms with E-state index in [1.54, 1.807) is 0 Å². The molecule has 1 aromatic carbocycles. The number of ether oxygens (including phenoxy) is 3. The summed E-state index contributed by atoms with van der Waals surface area (Å²) >= 11 is 0. The van der Waals surface area contributed by atoms with Crippen LogP contribution >= 0.6 is 0 Å². The van der Waals surface area contributed by atoms with E-state index in [0.29, 0.717) is 5.56 Å². The highest BCUT2D eigenvalue weighted by atomic mass is 32.2. The largest absolute Gasteiger partial charge is 0.442 e. The van der Waals surface area contributed by atoms with Crippen LogP contribution in [0.3, 0.4) is 0 Å². The molecular formula is C24H36N2O10S. The summed E-state index contributed by atoms with van der Waals surface area (Å²) in [5.74, 6) is -1.65. The fraction of sp³-hybridized carbons (Fsp3) is 0.583. The quantitative estimate of drug-likeness (QED) is 0.323. The van der Waals surface area contributed by atoms with Gasteiger partial charge in [0.15, 0.2) is 0 Å². The first-order valence-electron chi connectivity index (χ1n) is 11.4. The van der Waals surface area contributed by atoms with Crippen LogP contribution in [0.1, 0.15) is 78.2 Å². The zero-order valence-corrected chi connectivity index (χ0v) is 23.5. The number of imide groups is 2. The summed E-state index contributed by atoms with van der Waals surface area (Å²) in [5, 5.41) is 0.333. The highest BCUT2D eigenvalue weighted by Gasteiger charge is 2.44. The number of amides is 4. The van der Waals surface area contributed by atoms with Gasteiger partial charge in [0.2, 0.25) is 0 Å². The molecule has 0 aromatic heterocycles. The van der Waals surface area contributed by atoms with Crippen LogP contribution in [0.2, 0.25) is 0 Å². The maximum atomic E-state index is 13.5. The lowest BCUT2D eigenvalue weighted by atomic mass is 10.1. The number of benzene rings is 1. The van der Waals surface area contributed by atoms with Crippen LogP contribution in [0.4, 0.5) is 14.4 Å². The molecule has 1 aromatic rings. The van der Waals surface area contributed by atoms with Crippen molar-refractivity contribution in [2.75, 3.05) is 5.75 Å². The second-order valence-corrected chi connectivity index (χ2v) is 12.7. The first-order valence-corrected chi connectivity index (χ1v) is 13.0. The summed E-state index contributed by atoms with van der Waals surface area (Å²) in [4.78, 5) is 52.9. The Morgan fingerprint density at radius 2 is 1.05 bits per heavy atom. The number of hydrogen-bond donors (Lipinski definition) is 1. The highest BCUT2D eigenvalue weighted by Crippen LogP contribution is 2.21.